The maximum atomic E-state index is 12.5. The van der Waals surface area contributed by atoms with E-state index >= 15 is 0 Å². The van der Waals surface area contributed by atoms with E-state index in [1.165, 1.54) is 46.2 Å². The van der Waals surface area contributed by atoms with Crippen LogP contribution in [0, 0.1) is 0 Å². The monoisotopic (exact) mass is 315 g/mol. The van der Waals surface area contributed by atoms with Crippen molar-refractivity contribution in [2.24, 2.45) is 0 Å². The fourth-order valence-corrected chi connectivity index (χ4v) is 3.02. The van der Waals surface area contributed by atoms with Gasteiger partial charge in [-0.05, 0) is 32.0 Å². The highest BCUT2D eigenvalue weighted by atomic mass is 32.2. The molecular formula is C13H17NO6S. The van der Waals surface area contributed by atoms with Crippen LogP contribution in [0.4, 0.5) is 0 Å². The molecule has 0 unspecified atom stereocenters. The van der Waals surface area contributed by atoms with E-state index in [0.29, 0.717) is 0 Å². The van der Waals surface area contributed by atoms with Gasteiger partial charge in [0.15, 0.2) is 0 Å². The molecule has 21 heavy (non-hydrogen) atoms. The number of benzene rings is 1. The van der Waals surface area contributed by atoms with E-state index in [4.69, 9.17) is 5.11 Å². The molecule has 1 rings (SSSR count). The van der Waals surface area contributed by atoms with Gasteiger partial charge in [-0.3, -0.25) is 4.79 Å². The number of hydrogen-bond donors (Lipinski definition) is 1. The Labute approximate surface area is 123 Å². The van der Waals surface area contributed by atoms with E-state index in [1.54, 1.807) is 0 Å². The largest absolute Gasteiger partial charge is 0.480 e. The molecule has 0 saturated heterocycles. The third kappa shape index (κ3) is 3.22. The zero-order chi connectivity index (χ0) is 16.4. The van der Waals surface area contributed by atoms with Crippen molar-refractivity contribution in [1.29, 1.82) is 0 Å². The molecule has 0 saturated carbocycles. The topological polar surface area (TPSA) is 101 Å². The summed E-state index contributed by atoms with van der Waals surface area (Å²) in [6.07, 6.45) is 0. The van der Waals surface area contributed by atoms with Crippen molar-refractivity contribution in [3.63, 3.8) is 0 Å². The lowest BCUT2D eigenvalue weighted by Crippen LogP contribution is -2.50. The first-order valence-corrected chi connectivity index (χ1v) is 7.40. The molecule has 116 valence electrons. The van der Waals surface area contributed by atoms with Gasteiger partial charge in [-0.2, -0.15) is 4.31 Å². The number of sulfonamides is 1. The van der Waals surface area contributed by atoms with Gasteiger partial charge in [0.2, 0.25) is 10.0 Å². The van der Waals surface area contributed by atoms with E-state index < -0.39 is 27.5 Å². The van der Waals surface area contributed by atoms with Gasteiger partial charge in [-0.15, -0.1) is 0 Å². The summed E-state index contributed by atoms with van der Waals surface area (Å²) in [6.45, 7) is 2.55. The number of methoxy groups -OCH3 is 1. The third-order valence-corrected chi connectivity index (χ3v) is 5.25. The number of aliphatic carboxylic acids is 1. The van der Waals surface area contributed by atoms with Gasteiger partial charge in [-0.1, -0.05) is 6.07 Å². The minimum atomic E-state index is -4.06. The second-order valence-electron chi connectivity index (χ2n) is 4.86. The minimum absolute atomic E-state index is 0.0695. The number of ether oxygens (including phenoxy) is 1. The van der Waals surface area contributed by atoms with Crippen LogP contribution in [0.2, 0.25) is 0 Å². The number of nitrogens with zero attached hydrogens (tertiary/aromatic N) is 1. The first-order chi connectivity index (χ1) is 9.55. The summed E-state index contributed by atoms with van der Waals surface area (Å²) >= 11 is 0. The average Bonchev–Trinajstić information content (AvgIpc) is 2.45. The minimum Gasteiger partial charge on any atom is -0.480 e. The highest BCUT2D eigenvalue weighted by molar-refractivity contribution is 7.89. The van der Waals surface area contributed by atoms with Crippen LogP contribution in [0.1, 0.15) is 24.2 Å². The Morgan fingerprint density at radius 2 is 1.86 bits per heavy atom. The van der Waals surface area contributed by atoms with Crippen molar-refractivity contribution in [1.82, 2.24) is 4.31 Å². The van der Waals surface area contributed by atoms with E-state index in [9.17, 15) is 18.0 Å². The number of carboxylic acid groups (broad SMARTS) is 1. The van der Waals surface area contributed by atoms with Gasteiger partial charge in [-0.25, -0.2) is 13.2 Å². The first kappa shape index (κ1) is 17.1. The normalized spacial score (nSPS) is 12.2. The lowest BCUT2D eigenvalue weighted by Gasteiger charge is -2.30. The molecule has 0 radical (unpaired) electrons. The molecule has 0 amide bonds. The van der Waals surface area contributed by atoms with E-state index in [0.717, 1.165) is 10.4 Å². The smallest absolute Gasteiger partial charge is 0.337 e. The van der Waals surface area contributed by atoms with Crippen molar-refractivity contribution in [3.8, 4) is 0 Å². The summed E-state index contributed by atoms with van der Waals surface area (Å²) in [7, 11) is -1.70. The SMILES string of the molecule is COC(=O)c1cccc(S(=O)(=O)N(C)C(C)(C)C(=O)O)c1. The van der Waals surface area contributed by atoms with Crippen LogP contribution in [-0.4, -0.2) is 49.5 Å². The fourth-order valence-electron chi connectivity index (χ4n) is 1.49. The van der Waals surface area contributed by atoms with Crippen molar-refractivity contribution >= 4 is 22.0 Å². The van der Waals surface area contributed by atoms with Crippen molar-refractivity contribution < 1.29 is 27.9 Å². The number of carboxylic acids is 1. The van der Waals surface area contributed by atoms with Crippen LogP contribution in [0.5, 0.6) is 0 Å². The molecule has 0 aliphatic carbocycles. The number of rotatable bonds is 5. The Morgan fingerprint density at radius 1 is 1.29 bits per heavy atom. The fraction of sp³-hybridized carbons (Fsp3) is 0.385. The number of likely N-dealkylation sites (N-methyl/N-ethyl adjacent to an activating group) is 1. The highest BCUT2D eigenvalue weighted by Crippen LogP contribution is 2.23. The van der Waals surface area contributed by atoms with Crippen molar-refractivity contribution in [2.75, 3.05) is 14.2 Å². The summed E-state index contributed by atoms with van der Waals surface area (Å²) in [4.78, 5) is 22.4. The van der Waals surface area contributed by atoms with Gasteiger partial charge in [0.25, 0.3) is 0 Å². The van der Waals surface area contributed by atoms with E-state index in [2.05, 4.69) is 4.74 Å². The average molecular weight is 315 g/mol. The molecule has 0 spiro atoms. The van der Waals surface area contributed by atoms with Gasteiger partial charge in [0.05, 0.1) is 17.6 Å². The Morgan fingerprint density at radius 3 is 2.33 bits per heavy atom. The second kappa shape index (κ2) is 5.82. The molecule has 8 heteroatoms. The van der Waals surface area contributed by atoms with Crippen LogP contribution in [0.25, 0.3) is 0 Å². The number of carbonyl (C=O) groups is 2. The Kier molecular flexibility index (Phi) is 4.75. The molecular weight excluding hydrogens is 298 g/mol. The molecule has 0 aliphatic heterocycles. The molecule has 1 aromatic rings. The summed E-state index contributed by atoms with van der Waals surface area (Å²) in [6, 6.07) is 5.24. The highest BCUT2D eigenvalue weighted by Gasteiger charge is 2.40. The third-order valence-electron chi connectivity index (χ3n) is 3.22. The van der Waals surface area contributed by atoms with Gasteiger partial charge < -0.3 is 9.84 Å². The maximum Gasteiger partial charge on any atom is 0.337 e. The van der Waals surface area contributed by atoms with Crippen molar-refractivity contribution in [2.45, 2.75) is 24.3 Å². The number of esters is 1. The zero-order valence-electron chi connectivity index (χ0n) is 12.2. The van der Waals surface area contributed by atoms with Crippen LogP contribution in [0.3, 0.4) is 0 Å². The van der Waals surface area contributed by atoms with Crippen LogP contribution in [-0.2, 0) is 19.6 Å². The summed E-state index contributed by atoms with van der Waals surface area (Å²) in [5.41, 5.74) is -1.56. The maximum absolute atomic E-state index is 12.5. The number of carbonyl (C=O) groups excluding carboxylic acids is 1. The quantitative estimate of drug-likeness (QED) is 0.812. The molecule has 0 fully saturated rings. The lowest BCUT2D eigenvalue weighted by molar-refractivity contribution is -0.145. The van der Waals surface area contributed by atoms with Gasteiger partial charge in [0.1, 0.15) is 5.54 Å². The molecule has 1 aromatic carbocycles. The number of hydrogen-bond acceptors (Lipinski definition) is 5. The molecule has 1 N–H and O–H groups in total. The Hall–Kier alpha value is -1.93. The first-order valence-electron chi connectivity index (χ1n) is 5.96. The molecule has 0 aromatic heterocycles. The summed E-state index contributed by atoms with van der Waals surface area (Å²) in [5.74, 6) is -1.95. The Bertz CT molecular complexity index is 665. The standard InChI is InChI=1S/C13H17NO6S/c1-13(2,12(16)17)14(3)21(18,19)10-7-5-6-9(8-10)11(15)20-4/h5-8H,1-4H3,(H,16,17). The van der Waals surface area contributed by atoms with E-state index in [-0.39, 0.29) is 10.5 Å². The Balaban J connectivity index is 3.32. The predicted octanol–water partition coefficient (Wildman–Crippen LogP) is 0.957. The van der Waals surface area contributed by atoms with Gasteiger partial charge >= 0.3 is 11.9 Å². The molecule has 7 nitrogen and oxygen atoms in total. The second-order valence-corrected chi connectivity index (χ2v) is 6.83. The van der Waals surface area contributed by atoms with Crippen LogP contribution < -0.4 is 0 Å². The predicted molar refractivity (Wildman–Crippen MR) is 74.4 cm³/mol. The van der Waals surface area contributed by atoms with Gasteiger partial charge in [0, 0.05) is 7.05 Å². The summed E-state index contributed by atoms with van der Waals surface area (Å²) in [5, 5.41) is 9.12. The van der Waals surface area contributed by atoms with E-state index in [1.807, 2.05) is 0 Å². The molecule has 0 bridgehead atoms. The lowest BCUT2D eigenvalue weighted by atomic mass is 10.1. The molecule has 0 aliphatic rings. The summed E-state index contributed by atoms with van der Waals surface area (Å²) < 4.78 is 30.2. The van der Waals surface area contributed by atoms with Crippen molar-refractivity contribution in [3.05, 3.63) is 29.8 Å². The molecule has 0 heterocycles. The van der Waals surface area contributed by atoms with Crippen LogP contribution >= 0.6 is 0 Å². The zero-order valence-corrected chi connectivity index (χ0v) is 13.0. The molecule has 0 atom stereocenters. The van der Waals surface area contributed by atoms with Crippen LogP contribution in [0.15, 0.2) is 29.2 Å².